The van der Waals surface area contributed by atoms with Crippen LogP contribution in [0.4, 0.5) is 4.79 Å². The molecule has 0 bridgehead atoms. The van der Waals surface area contributed by atoms with Gasteiger partial charge in [0, 0.05) is 7.05 Å². The Labute approximate surface area is 166 Å². The van der Waals surface area contributed by atoms with Crippen molar-refractivity contribution >= 4 is 19.9 Å². The predicted molar refractivity (Wildman–Crippen MR) is 93.5 cm³/mol. The molecule has 1 aromatic rings. The van der Waals surface area contributed by atoms with Gasteiger partial charge < -0.3 is 19.7 Å². The molecule has 0 aromatic heterocycles. The molecule has 0 heterocycles. The van der Waals surface area contributed by atoms with E-state index in [-0.39, 0.29) is 31.4 Å². The smallest absolute Gasteiger partial charge is 0.861 e. The van der Waals surface area contributed by atoms with Crippen LogP contribution in [0.2, 0.25) is 0 Å². The van der Waals surface area contributed by atoms with Crippen LogP contribution in [0.5, 0.6) is 0 Å². The zero-order valence-electron chi connectivity index (χ0n) is 15.6. The number of aliphatic imine (C=N–C) groups is 1. The molecule has 3 N–H and O–H groups in total. The first-order valence-electron chi connectivity index (χ1n) is 7.91. The van der Waals surface area contributed by atoms with Crippen LogP contribution in [-0.2, 0) is 11.3 Å². The zero-order valence-corrected chi connectivity index (χ0v) is 16.5. The molecule has 0 saturated carbocycles. The molecule has 0 spiro atoms. The van der Waals surface area contributed by atoms with Crippen molar-refractivity contribution in [2.24, 2.45) is 10.9 Å². The molecule has 0 aliphatic rings. The van der Waals surface area contributed by atoms with Crippen molar-refractivity contribution in [2.45, 2.75) is 32.9 Å². The monoisotopic (exact) mass is 377 g/mol. The fourth-order valence-electron chi connectivity index (χ4n) is 2.07. The summed E-state index contributed by atoms with van der Waals surface area (Å²) in [7, 11) is -2.63. The topological polar surface area (TPSA) is 129 Å². The summed E-state index contributed by atoms with van der Waals surface area (Å²) in [6.45, 7) is 3.83. The van der Waals surface area contributed by atoms with Crippen LogP contribution in [0.15, 0.2) is 35.3 Å². The molecular weight excluding hydrogens is 352 g/mol. The van der Waals surface area contributed by atoms with Crippen LogP contribution in [0.25, 0.3) is 0 Å². The van der Waals surface area contributed by atoms with Crippen LogP contribution in [0, 0.1) is 5.92 Å². The van der Waals surface area contributed by atoms with Crippen molar-refractivity contribution in [1.29, 1.82) is 0 Å². The van der Waals surface area contributed by atoms with Crippen LogP contribution >= 0.6 is 7.87 Å². The van der Waals surface area contributed by atoms with Gasteiger partial charge in [-0.3, -0.25) is 5.32 Å². The van der Waals surface area contributed by atoms with Crippen LogP contribution in [0.3, 0.4) is 0 Å². The molecule has 1 rings (SSSR count). The van der Waals surface area contributed by atoms with Gasteiger partial charge >= 0.3 is 25.0 Å². The summed E-state index contributed by atoms with van der Waals surface area (Å²) in [6, 6.07) is 8.18. The standard InChI is InChI=1S/C16H26N3O5P.Li/c1-12(2)9-14(15(20)17-3)19-25(22,23)11-18-16(21)24-10-13-7-5-4-6-8-13;/h4-8,12,14H,9-11H2,1-3H3,(H,17,20)(H,18,21)(H2,19,22,23);/q;+1/p-1/t14-;/m0./s1. The van der Waals surface area contributed by atoms with Crippen LogP contribution < -0.4 is 39.3 Å². The van der Waals surface area contributed by atoms with E-state index in [2.05, 4.69) is 15.4 Å². The maximum Gasteiger partial charge on any atom is 1.00 e. The summed E-state index contributed by atoms with van der Waals surface area (Å²) in [5, 5.41) is 16.4. The summed E-state index contributed by atoms with van der Waals surface area (Å²) in [5.41, 5.74) is 0.801. The molecule has 0 fully saturated rings. The molecule has 0 aliphatic heterocycles. The van der Waals surface area contributed by atoms with Gasteiger partial charge in [0.25, 0.3) is 0 Å². The van der Waals surface area contributed by atoms with Crippen LogP contribution in [-0.4, -0.2) is 36.3 Å². The quantitative estimate of drug-likeness (QED) is 0.187. The number of rotatable bonds is 9. The van der Waals surface area contributed by atoms with E-state index in [4.69, 9.17) is 4.74 Å². The molecule has 1 aromatic carbocycles. The van der Waals surface area contributed by atoms with E-state index in [9.17, 15) is 19.7 Å². The molecule has 0 radical (unpaired) electrons. The Morgan fingerprint density at radius 1 is 1.35 bits per heavy atom. The first-order chi connectivity index (χ1) is 11.7. The van der Waals surface area contributed by atoms with Gasteiger partial charge in [0.05, 0.1) is 6.04 Å². The normalized spacial score (nSPS) is 14.9. The predicted octanol–water partition coefficient (Wildman–Crippen LogP) is -2.62. The molecule has 8 nitrogen and oxygen atoms in total. The maximum atomic E-state index is 12.2. The molecule has 10 heteroatoms. The maximum absolute atomic E-state index is 12.2. The number of hydrogen-bond donors (Lipinski definition) is 3. The van der Waals surface area contributed by atoms with Gasteiger partial charge in [-0.1, -0.05) is 44.2 Å². The van der Waals surface area contributed by atoms with E-state index < -0.39 is 32.2 Å². The van der Waals surface area contributed by atoms with E-state index in [1.165, 1.54) is 7.05 Å². The Morgan fingerprint density at radius 2 is 1.96 bits per heavy atom. The third-order valence-electron chi connectivity index (χ3n) is 3.23. The number of ether oxygens (including phenoxy) is 1. The SMILES string of the molecule is CN=C([O-])[C@H](CC(C)C)N[P+]([O-])(O)CNC(=O)OCc1ccccc1.[Li+]. The van der Waals surface area contributed by atoms with Gasteiger partial charge in [-0.2, -0.15) is 5.09 Å². The van der Waals surface area contributed by atoms with Gasteiger partial charge in [0.1, 0.15) is 6.61 Å². The number of amides is 1. The number of carbonyl (C=O) groups excluding carboxylic acids is 1. The van der Waals surface area contributed by atoms with Gasteiger partial charge in [-0.05, 0) is 23.8 Å². The average Bonchev–Trinajstić information content (AvgIpc) is 2.57. The number of alkyl carbamates (subject to hydrolysis) is 1. The fourth-order valence-corrected chi connectivity index (χ4v) is 3.21. The van der Waals surface area contributed by atoms with Crippen molar-refractivity contribution in [3.63, 3.8) is 0 Å². The molecule has 140 valence electrons. The van der Waals surface area contributed by atoms with Crippen molar-refractivity contribution in [3.8, 4) is 0 Å². The second kappa shape index (κ2) is 12.3. The van der Waals surface area contributed by atoms with Gasteiger partial charge in [0.15, 0.2) is 14.2 Å². The molecule has 1 unspecified atom stereocenters. The molecule has 1 amide bonds. The Morgan fingerprint density at radius 3 is 2.50 bits per heavy atom. The Bertz CT molecular complexity index is 572. The van der Waals surface area contributed by atoms with Gasteiger partial charge in [-0.15, -0.1) is 0 Å². The minimum absolute atomic E-state index is 0. The minimum Gasteiger partial charge on any atom is -0.861 e. The van der Waals surface area contributed by atoms with Gasteiger partial charge in [0.2, 0.25) is 0 Å². The van der Waals surface area contributed by atoms with E-state index in [1.54, 1.807) is 12.1 Å². The molecule has 2 atom stereocenters. The van der Waals surface area contributed by atoms with Crippen LogP contribution in [0.1, 0.15) is 25.8 Å². The van der Waals surface area contributed by atoms with E-state index in [0.717, 1.165) is 5.56 Å². The van der Waals surface area contributed by atoms with E-state index in [0.29, 0.717) is 6.42 Å². The average molecular weight is 377 g/mol. The van der Waals surface area contributed by atoms with Gasteiger partial charge in [-0.25, -0.2) is 9.69 Å². The molecular formula is C16H25LiN3O5P. The number of nitrogens with zero attached hydrogens (tertiary/aromatic N) is 1. The van der Waals surface area contributed by atoms with Crippen molar-refractivity contribution in [3.05, 3.63) is 35.9 Å². The second-order valence-corrected chi connectivity index (χ2v) is 7.95. The molecule has 0 aliphatic carbocycles. The number of benzene rings is 1. The number of carbonyl (C=O) groups is 1. The van der Waals surface area contributed by atoms with E-state index in [1.807, 2.05) is 32.0 Å². The summed E-state index contributed by atoms with van der Waals surface area (Å²) in [4.78, 5) is 37.3. The summed E-state index contributed by atoms with van der Waals surface area (Å²) in [5.74, 6) is -0.373. The third kappa shape index (κ3) is 10.1. The zero-order chi connectivity index (χ0) is 18.9. The van der Waals surface area contributed by atoms with Crippen molar-refractivity contribution in [2.75, 3.05) is 13.3 Å². The molecule has 0 saturated heterocycles. The summed E-state index contributed by atoms with van der Waals surface area (Å²) < 4.78 is 4.97. The Balaban J connectivity index is 0.00000625. The van der Waals surface area contributed by atoms with E-state index >= 15 is 0 Å². The number of hydrogen-bond acceptors (Lipinski definition) is 7. The number of nitrogens with one attached hydrogen (secondary N) is 2. The fraction of sp³-hybridized carbons (Fsp3) is 0.500. The minimum atomic E-state index is -3.96. The molecule has 26 heavy (non-hydrogen) atoms. The summed E-state index contributed by atoms with van der Waals surface area (Å²) >= 11 is 0. The Kier molecular flexibility index (Phi) is 11.8. The first kappa shape index (κ1) is 24.9. The Hall–Kier alpha value is -1.13. The second-order valence-electron chi connectivity index (χ2n) is 5.97. The van der Waals surface area contributed by atoms with Crippen molar-refractivity contribution < 1.29 is 43.3 Å². The van der Waals surface area contributed by atoms with Crippen molar-refractivity contribution in [1.82, 2.24) is 10.4 Å². The third-order valence-corrected chi connectivity index (χ3v) is 4.54. The summed E-state index contributed by atoms with van der Waals surface area (Å²) in [6.07, 6.45) is -1.00. The first-order valence-corrected chi connectivity index (χ1v) is 9.76. The largest absolute Gasteiger partial charge is 1.00 e.